The van der Waals surface area contributed by atoms with Crippen molar-refractivity contribution in [3.63, 3.8) is 0 Å². The van der Waals surface area contributed by atoms with Gasteiger partial charge in [0.2, 0.25) is 11.8 Å². The highest BCUT2D eigenvalue weighted by Crippen LogP contribution is 2.46. The van der Waals surface area contributed by atoms with E-state index in [1.807, 2.05) is 35.9 Å². The molecular formula is C28H27N9O4. The number of imide groups is 1. The lowest BCUT2D eigenvalue weighted by atomic mass is 10.1. The molecule has 0 spiro atoms. The van der Waals surface area contributed by atoms with Crippen molar-refractivity contribution in [3.05, 3.63) is 65.8 Å². The van der Waals surface area contributed by atoms with Crippen molar-refractivity contribution in [3.8, 4) is 5.75 Å². The monoisotopic (exact) mass is 553 g/mol. The molecule has 41 heavy (non-hydrogen) atoms. The van der Waals surface area contributed by atoms with Crippen molar-refractivity contribution in [1.82, 2.24) is 34.4 Å². The molecule has 4 aromatic rings. The van der Waals surface area contributed by atoms with Crippen molar-refractivity contribution in [2.24, 2.45) is 5.92 Å². The number of imidazole rings is 1. The molecule has 2 unspecified atom stereocenters. The zero-order chi connectivity index (χ0) is 28.2. The summed E-state index contributed by atoms with van der Waals surface area (Å²) in [5.41, 5.74) is 3.79. The van der Waals surface area contributed by atoms with E-state index in [1.54, 1.807) is 12.3 Å². The maximum atomic E-state index is 12.8. The summed E-state index contributed by atoms with van der Waals surface area (Å²) in [6.07, 6.45) is 9.92. The van der Waals surface area contributed by atoms with E-state index in [2.05, 4.69) is 25.5 Å². The summed E-state index contributed by atoms with van der Waals surface area (Å²) in [7, 11) is 1.48. The molecule has 208 valence electrons. The standard InChI is InChI=1S/C28H27N9O4/c1-15-5-6-29-25(31-15)20-9-21(20)27(39)33-23-8-19(10-30-34-23)41-14-18-12-36-11-17(16-3-4-16)7-22(26(36)32-18)37-13-24(38)35(2)28(37)40/h5-8,10-12,16,20-21H,3-4,9,13-14H2,1-2H3,(H,33,34,39). The minimum Gasteiger partial charge on any atom is -0.485 e. The molecule has 7 rings (SSSR count). The highest BCUT2D eigenvalue weighted by molar-refractivity contribution is 6.13. The topological polar surface area (TPSA) is 148 Å². The number of aromatic nitrogens is 6. The summed E-state index contributed by atoms with van der Waals surface area (Å²) < 4.78 is 7.83. The number of pyridine rings is 1. The number of fused-ring (bicyclic) bond motifs is 1. The highest BCUT2D eigenvalue weighted by atomic mass is 16.5. The molecule has 1 saturated heterocycles. The average molecular weight is 554 g/mol. The summed E-state index contributed by atoms with van der Waals surface area (Å²) in [5.74, 6) is 1.20. The first-order valence-electron chi connectivity index (χ1n) is 13.5. The first-order valence-corrected chi connectivity index (χ1v) is 13.5. The Balaban J connectivity index is 1.05. The van der Waals surface area contributed by atoms with Crippen LogP contribution >= 0.6 is 0 Å². The SMILES string of the molecule is Cc1ccnc(C2CC2C(=O)Nc2cc(OCc3cn4cc(C5CC5)cc(N5CC(=O)N(C)C5=O)c4n3)cnn2)n1. The van der Waals surface area contributed by atoms with Gasteiger partial charge >= 0.3 is 6.03 Å². The number of hydrogen-bond donors (Lipinski definition) is 1. The fourth-order valence-electron chi connectivity index (χ4n) is 5.13. The minimum absolute atomic E-state index is 0.00275. The van der Waals surface area contributed by atoms with Crippen LogP contribution in [-0.4, -0.2) is 65.9 Å². The number of aryl methyl sites for hydroxylation is 1. The Kier molecular flexibility index (Phi) is 5.87. The number of anilines is 2. The summed E-state index contributed by atoms with van der Waals surface area (Å²) >= 11 is 0. The van der Waals surface area contributed by atoms with E-state index in [-0.39, 0.29) is 48.7 Å². The highest BCUT2D eigenvalue weighted by Gasteiger charge is 2.46. The van der Waals surface area contributed by atoms with Crippen LogP contribution in [0.3, 0.4) is 0 Å². The summed E-state index contributed by atoms with van der Waals surface area (Å²) in [4.78, 5) is 53.8. The number of nitrogens with zero attached hydrogens (tertiary/aromatic N) is 8. The van der Waals surface area contributed by atoms with Gasteiger partial charge in [0, 0.05) is 49.2 Å². The van der Waals surface area contributed by atoms with Gasteiger partial charge in [-0.05, 0) is 49.8 Å². The molecule has 13 nitrogen and oxygen atoms in total. The zero-order valence-electron chi connectivity index (χ0n) is 22.5. The normalized spacial score (nSPS) is 20.1. The van der Waals surface area contributed by atoms with E-state index in [1.165, 1.54) is 18.1 Å². The molecule has 2 saturated carbocycles. The van der Waals surface area contributed by atoms with Crippen molar-refractivity contribution in [2.75, 3.05) is 23.8 Å². The first-order chi connectivity index (χ1) is 19.8. The third-order valence-corrected chi connectivity index (χ3v) is 7.67. The lowest BCUT2D eigenvalue weighted by molar-refractivity contribution is -0.124. The van der Waals surface area contributed by atoms with Crippen LogP contribution in [-0.2, 0) is 16.2 Å². The lowest BCUT2D eigenvalue weighted by Crippen LogP contribution is -2.30. The quantitative estimate of drug-likeness (QED) is 0.325. The van der Waals surface area contributed by atoms with Gasteiger partial charge in [-0.2, -0.15) is 5.10 Å². The fraction of sp³-hybridized carbons (Fsp3) is 0.357. The molecule has 13 heteroatoms. The predicted molar refractivity (Wildman–Crippen MR) is 145 cm³/mol. The van der Waals surface area contributed by atoms with E-state index in [4.69, 9.17) is 9.72 Å². The van der Waals surface area contributed by atoms with Gasteiger partial charge in [-0.1, -0.05) is 0 Å². The second kappa shape index (κ2) is 9.61. The van der Waals surface area contributed by atoms with Crippen LogP contribution in [0.25, 0.3) is 5.65 Å². The second-order valence-corrected chi connectivity index (χ2v) is 10.8. The molecule has 0 bridgehead atoms. The molecule has 4 aromatic heterocycles. The van der Waals surface area contributed by atoms with Gasteiger partial charge in [0.25, 0.3) is 0 Å². The van der Waals surface area contributed by atoms with E-state index in [0.717, 1.165) is 29.0 Å². The van der Waals surface area contributed by atoms with E-state index in [0.29, 0.717) is 40.9 Å². The molecule has 3 fully saturated rings. The van der Waals surface area contributed by atoms with Crippen molar-refractivity contribution in [1.29, 1.82) is 0 Å². The van der Waals surface area contributed by atoms with Gasteiger partial charge in [-0.3, -0.25) is 19.4 Å². The van der Waals surface area contributed by atoms with Crippen LogP contribution < -0.4 is 15.0 Å². The molecule has 5 heterocycles. The number of rotatable bonds is 8. The van der Waals surface area contributed by atoms with Gasteiger partial charge in [0.15, 0.2) is 11.5 Å². The number of amides is 4. The minimum atomic E-state index is -0.369. The molecule has 1 N–H and O–H groups in total. The van der Waals surface area contributed by atoms with Gasteiger partial charge < -0.3 is 14.5 Å². The molecular weight excluding hydrogens is 526 g/mol. The molecule has 2 aliphatic carbocycles. The Hall–Kier alpha value is -4.94. The molecule has 2 atom stereocenters. The molecule has 1 aliphatic heterocycles. The lowest BCUT2D eigenvalue weighted by Gasteiger charge is -2.17. The van der Waals surface area contributed by atoms with Crippen molar-refractivity contribution >= 4 is 35.0 Å². The van der Waals surface area contributed by atoms with Crippen LogP contribution in [0.1, 0.15) is 53.9 Å². The van der Waals surface area contributed by atoms with Crippen LogP contribution in [0.15, 0.2) is 43.0 Å². The smallest absolute Gasteiger partial charge is 0.331 e. The van der Waals surface area contributed by atoms with Gasteiger partial charge in [-0.15, -0.1) is 5.10 Å². The van der Waals surface area contributed by atoms with E-state index >= 15 is 0 Å². The van der Waals surface area contributed by atoms with E-state index < -0.39 is 0 Å². The van der Waals surface area contributed by atoms with Crippen LogP contribution in [0.2, 0.25) is 0 Å². The Morgan fingerprint density at radius 3 is 2.78 bits per heavy atom. The zero-order valence-corrected chi connectivity index (χ0v) is 22.5. The maximum absolute atomic E-state index is 12.8. The summed E-state index contributed by atoms with van der Waals surface area (Å²) in [6.45, 7) is 2.01. The Morgan fingerprint density at radius 1 is 1.17 bits per heavy atom. The molecule has 3 aliphatic rings. The number of carbonyl (C=O) groups excluding carboxylic acids is 3. The number of carbonyl (C=O) groups is 3. The Bertz CT molecular complexity index is 1720. The molecule has 4 amide bonds. The number of ether oxygens (including phenoxy) is 1. The van der Waals surface area contributed by atoms with Crippen LogP contribution in [0.5, 0.6) is 5.75 Å². The predicted octanol–water partition coefficient (Wildman–Crippen LogP) is 2.82. The number of urea groups is 1. The van der Waals surface area contributed by atoms with Gasteiger partial charge in [0.1, 0.15) is 24.7 Å². The summed E-state index contributed by atoms with van der Waals surface area (Å²) in [5, 5.41) is 10.8. The average Bonchev–Trinajstić information content (AvgIpc) is 3.89. The van der Waals surface area contributed by atoms with Crippen molar-refractivity contribution in [2.45, 2.75) is 44.6 Å². The number of likely N-dealkylation sites (N-methyl/N-ethyl adjacent to an activating group) is 1. The molecule has 0 radical (unpaired) electrons. The Morgan fingerprint density at radius 2 is 2.02 bits per heavy atom. The van der Waals surface area contributed by atoms with Crippen LogP contribution in [0.4, 0.5) is 16.3 Å². The van der Waals surface area contributed by atoms with Gasteiger partial charge in [-0.25, -0.2) is 19.7 Å². The van der Waals surface area contributed by atoms with E-state index in [9.17, 15) is 14.4 Å². The van der Waals surface area contributed by atoms with Crippen molar-refractivity contribution < 1.29 is 19.1 Å². The number of nitrogens with one attached hydrogen (secondary N) is 1. The second-order valence-electron chi connectivity index (χ2n) is 10.8. The summed E-state index contributed by atoms with van der Waals surface area (Å²) in [6, 6.07) is 5.04. The first kappa shape index (κ1) is 25.1. The van der Waals surface area contributed by atoms with Crippen LogP contribution in [0, 0.1) is 12.8 Å². The maximum Gasteiger partial charge on any atom is 0.331 e. The molecule has 0 aromatic carbocycles. The third-order valence-electron chi connectivity index (χ3n) is 7.67. The number of hydrogen-bond acceptors (Lipinski definition) is 9. The fourth-order valence-corrected chi connectivity index (χ4v) is 5.13. The Labute approximate surface area is 234 Å². The van der Waals surface area contributed by atoms with Gasteiger partial charge in [0.05, 0.1) is 17.6 Å². The third kappa shape index (κ3) is 4.83. The largest absolute Gasteiger partial charge is 0.485 e.